The third kappa shape index (κ3) is 1.97. The highest BCUT2D eigenvalue weighted by molar-refractivity contribution is 5.47. The Labute approximate surface area is 115 Å². The van der Waals surface area contributed by atoms with Crippen LogP contribution in [0.2, 0.25) is 0 Å². The van der Waals surface area contributed by atoms with Crippen LogP contribution in [-0.4, -0.2) is 11.7 Å². The lowest BCUT2D eigenvalue weighted by molar-refractivity contribution is -0.105. The summed E-state index contributed by atoms with van der Waals surface area (Å²) in [6.45, 7) is 5.16. The van der Waals surface area contributed by atoms with Crippen LogP contribution in [0.15, 0.2) is 18.2 Å². The molecule has 1 aromatic rings. The summed E-state index contributed by atoms with van der Waals surface area (Å²) in [5, 5.41) is 11.3. The molecule has 1 saturated carbocycles. The molecule has 0 spiro atoms. The zero-order valence-electron chi connectivity index (χ0n) is 12.0. The number of fused-ring (bicyclic) bond motifs is 1. The Morgan fingerprint density at radius 3 is 2.68 bits per heavy atom. The largest absolute Gasteiger partial charge is 0.493 e. The molecule has 0 aromatic heterocycles. The minimum Gasteiger partial charge on any atom is -0.493 e. The first-order valence-electron chi connectivity index (χ1n) is 7.52. The molecule has 1 atom stereocenters. The Morgan fingerprint density at radius 2 is 1.89 bits per heavy atom. The molecule has 1 aromatic carbocycles. The second kappa shape index (κ2) is 4.52. The minimum atomic E-state index is -0.742. The second-order valence-electron chi connectivity index (χ2n) is 6.70. The topological polar surface area (TPSA) is 29.5 Å². The maximum atomic E-state index is 11.3. The summed E-state index contributed by atoms with van der Waals surface area (Å²) in [5.74, 6) is 0.964. The van der Waals surface area contributed by atoms with E-state index in [2.05, 4.69) is 32.0 Å². The molecule has 2 aliphatic rings. The van der Waals surface area contributed by atoms with E-state index in [0.717, 1.165) is 50.0 Å². The van der Waals surface area contributed by atoms with Crippen molar-refractivity contribution in [2.45, 2.75) is 58.0 Å². The van der Waals surface area contributed by atoms with Crippen molar-refractivity contribution in [1.82, 2.24) is 0 Å². The fraction of sp³-hybridized carbons (Fsp3) is 0.647. The van der Waals surface area contributed by atoms with E-state index in [4.69, 9.17) is 4.74 Å². The van der Waals surface area contributed by atoms with E-state index in [9.17, 15) is 5.11 Å². The highest BCUT2D eigenvalue weighted by Gasteiger charge is 2.48. The fourth-order valence-corrected chi connectivity index (χ4v) is 3.71. The van der Waals surface area contributed by atoms with Gasteiger partial charge in [0.2, 0.25) is 0 Å². The van der Waals surface area contributed by atoms with Gasteiger partial charge in [0.15, 0.2) is 0 Å². The Kier molecular flexibility index (Phi) is 3.09. The Morgan fingerprint density at radius 1 is 1.11 bits per heavy atom. The van der Waals surface area contributed by atoms with Crippen LogP contribution in [0.25, 0.3) is 0 Å². The fourth-order valence-electron chi connectivity index (χ4n) is 3.71. The van der Waals surface area contributed by atoms with E-state index < -0.39 is 5.60 Å². The Hall–Kier alpha value is -1.02. The van der Waals surface area contributed by atoms with Gasteiger partial charge in [-0.05, 0) is 36.7 Å². The van der Waals surface area contributed by atoms with Gasteiger partial charge < -0.3 is 9.84 Å². The maximum Gasteiger partial charge on any atom is 0.128 e. The molecule has 104 valence electrons. The summed E-state index contributed by atoms with van der Waals surface area (Å²) in [6, 6.07) is 6.28. The van der Waals surface area contributed by atoms with Crippen LogP contribution in [0, 0.1) is 5.41 Å². The van der Waals surface area contributed by atoms with Crippen molar-refractivity contribution in [2.24, 2.45) is 5.41 Å². The quantitative estimate of drug-likeness (QED) is 0.832. The van der Waals surface area contributed by atoms with E-state index in [1.807, 2.05) is 0 Å². The van der Waals surface area contributed by atoms with Crippen molar-refractivity contribution in [1.29, 1.82) is 0 Å². The van der Waals surface area contributed by atoms with Crippen LogP contribution in [-0.2, 0) is 12.0 Å². The first-order chi connectivity index (χ1) is 9.05. The second-order valence-corrected chi connectivity index (χ2v) is 6.70. The predicted octanol–water partition coefficient (Wildman–Crippen LogP) is 3.80. The lowest BCUT2D eigenvalue weighted by Crippen LogP contribution is -2.45. The first kappa shape index (κ1) is 13.0. The summed E-state index contributed by atoms with van der Waals surface area (Å²) in [7, 11) is 0. The van der Waals surface area contributed by atoms with Crippen molar-refractivity contribution < 1.29 is 9.84 Å². The van der Waals surface area contributed by atoms with E-state index in [-0.39, 0.29) is 5.41 Å². The van der Waals surface area contributed by atoms with Crippen molar-refractivity contribution >= 4 is 0 Å². The average molecular weight is 260 g/mol. The number of hydrogen-bond acceptors (Lipinski definition) is 2. The van der Waals surface area contributed by atoms with Crippen molar-refractivity contribution in [3.8, 4) is 5.75 Å². The summed E-state index contributed by atoms with van der Waals surface area (Å²) in [4.78, 5) is 0. The molecule has 1 N–H and O–H groups in total. The van der Waals surface area contributed by atoms with E-state index >= 15 is 0 Å². The average Bonchev–Trinajstić information content (AvgIpc) is 2.41. The molecule has 1 aliphatic carbocycles. The van der Waals surface area contributed by atoms with Crippen LogP contribution >= 0.6 is 0 Å². The molecule has 1 aliphatic heterocycles. The van der Waals surface area contributed by atoms with Crippen LogP contribution in [0.3, 0.4) is 0 Å². The number of para-hydroxylation sites is 1. The van der Waals surface area contributed by atoms with Crippen molar-refractivity contribution in [3.05, 3.63) is 29.3 Å². The predicted molar refractivity (Wildman–Crippen MR) is 76.4 cm³/mol. The van der Waals surface area contributed by atoms with Crippen molar-refractivity contribution in [2.75, 3.05) is 6.61 Å². The standard InChI is InChI=1S/C17H24O2/c1-16(2)10-3-4-11-17(16,18)14-9-5-7-13-8-6-12-19-15(13)14/h5,7,9,18H,3-4,6,8,10-12H2,1-2H3. The van der Waals surface area contributed by atoms with Gasteiger partial charge in [-0.3, -0.25) is 0 Å². The van der Waals surface area contributed by atoms with Crippen LogP contribution in [0.4, 0.5) is 0 Å². The normalized spacial score (nSPS) is 29.4. The number of aliphatic hydroxyl groups is 1. The van der Waals surface area contributed by atoms with Crippen LogP contribution in [0.5, 0.6) is 5.75 Å². The molecule has 0 bridgehead atoms. The SMILES string of the molecule is CC1(C)CCCCC1(O)c1cccc2c1OCCC2. The molecule has 19 heavy (non-hydrogen) atoms. The van der Waals surface area contributed by atoms with Gasteiger partial charge in [-0.1, -0.05) is 44.9 Å². The number of aryl methyl sites for hydroxylation is 1. The molecule has 2 nitrogen and oxygen atoms in total. The molecule has 3 rings (SSSR count). The van der Waals surface area contributed by atoms with Gasteiger partial charge in [0.05, 0.1) is 12.2 Å². The molecule has 0 amide bonds. The van der Waals surface area contributed by atoms with Gasteiger partial charge in [0, 0.05) is 5.56 Å². The number of benzene rings is 1. The van der Waals surface area contributed by atoms with Crippen LogP contribution < -0.4 is 4.74 Å². The summed E-state index contributed by atoms with van der Waals surface area (Å²) >= 11 is 0. The smallest absolute Gasteiger partial charge is 0.128 e. The monoisotopic (exact) mass is 260 g/mol. The maximum absolute atomic E-state index is 11.3. The van der Waals surface area contributed by atoms with E-state index in [0.29, 0.717) is 0 Å². The zero-order valence-corrected chi connectivity index (χ0v) is 12.0. The van der Waals surface area contributed by atoms with Gasteiger partial charge in [-0.15, -0.1) is 0 Å². The lowest BCUT2D eigenvalue weighted by Gasteiger charge is -2.47. The zero-order chi connectivity index (χ0) is 13.5. The summed E-state index contributed by atoms with van der Waals surface area (Å²) in [6.07, 6.45) is 6.39. The molecule has 1 heterocycles. The molecular formula is C17H24O2. The van der Waals surface area contributed by atoms with Gasteiger partial charge in [0.25, 0.3) is 0 Å². The van der Waals surface area contributed by atoms with Gasteiger partial charge in [0.1, 0.15) is 5.75 Å². The van der Waals surface area contributed by atoms with Gasteiger partial charge in [-0.25, -0.2) is 0 Å². The van der Waals surface area contributed by atoms with E-state index in [1.54, 1.807) is 0 Å². The Balaban J connectivity index is 2.10. The van der Waals surface area contributed by atoms with Gasteiger partial charge >= 0.3 is 0 Å². The highest BCUT2D eigenvalue weighted by Crippen LogP contribution is 2.53. The first-order valence-corrected chi connectivity index (χ1v) is 7.52. The van der Waals surface area contributed by atoms with Gasteiger partial charge in [-0.2, -0.15) is 0 Å². The molecule has 0 radical (unpaired) electrons. The Bertz CT molecular complexity index is 478. The molecule has 2 heteroatoms. The van der Waals surface area contributed by atoms with Crippen molar-refractivity contribution in [3.63, 3.8) is 0 Å². The molecule has 1 unspecified atom stereocenters. The molecular weight excluding hydrogens is 236 g/mol. The third-order valence-corrected chi connectivity index (χ3v) is 5.09. The molecule has 0 saturated heterocycles. The minimum absolute atomic E-state index is 0.0822. The molecule has 1 fully saturated rings. The summed E-state index contributed by atoms with van der Waals surface area (Å²) in [5.41, 5.74) is 1.46. The third-order valence-electron chi connectivity index (χ3n) is 5.09. The number of hydrogen-bond donors (Lipinski definition) is 1. The van der Waals surface area contributed by atoms with E-state index in [1.165, 1.54) is 12.0 Å². The summed E-state index contributed by atoms with van der Waals surface area (Å²) < 4.78 is 5.91. The highest BCUT2D eigenvalue weighted by atomic mass is 16.5. The number of rotatable bonds is 1. The lowest BCUT2D eigenvalue weighted by atomic mass is 9.62. The number of ether oxygens (including phenoxy) is 1. The van der Waals surface area contributed by atoms with Crippen LogP contribution in [0.1, 0.15) is 57.1 Å².